The van der Waals surface area contributed by atoms with Crippen molar-refractivity contribution in [2.45, 2.75) is 20.0 Å². The van der Waals surface area contributed by atoms with E-state index >= 15 is 0 Å². The molecule has 7 heteroatoms. The Morgan fingerprint density at radius 1 is 1.50 bits per heavy atom. The van der Waals surface area contributed by atoms with Gasteiger partial charge in [-0.05, 0) is 19.9 Å². The van der Waals surface area contributed by atoms with Gasteiger partial charge < -0.3 is 9.26 Å². The Balaban J connectivity index is 2.43. The maximum Gasteiger partial charge on any atom is 0.378 e. The summed E-state index contributed by atoms with van der Waals surface area (Å²) in [6.45, 7) is 3.42. The van der Waals surface area contributed by atoms with Crippen LogP contribution in [0.3, 0.4) is 0 Å². The molecule has 0 bridgehead atoms. The molecule has 0 unspecified atom stereocenters. The molecule has 0 saturated heterocycles. The minimum absolute atomic E-state index is 0.0476. The Labute approximate surface area is 101 Å². The van der Waals surface area contributed by atoms with Gasteiger partial charge in [0.15, 0.2) is 0 Å². The zero-order valence-electron chi connectivity index (χ0n) is 9.75. The van der Waals surface area contributed by atoms with Gasteiger partial charge in [0.05, 0.1) is 16.4 Å². The first-order valence-corrected chi connectivity index (χ1v) is 5.24. The number of carbonyl (C=O) groups is 1. The molecule has 0 radical (unpaired) electrons. The minimum Gasteiger partial charge on any atom is -0.457 e. The second-order valence-electron chi connectivity index (χ2n) is 3.92. The van der Waals surface area contributed by atoms with Gasteiger partial charge >= 0.3 is 5.97 Å². The van der Waals surface area contributed by atoms with Crippen molar-refractivity contribution in [2.75, 3.05) is 0 Å². The summed E-state index contributed by atoms with van der Waals surface area (Å²) in [7, 11) is 0. The molecule has 1 aromatic heterocycles. The van der Waals surface area contributed by atoms with Crippen molar-refractivity contribution in [3.8, 4) is 0 Å². The number of rotatable bonds is 3. The molecule has 0 fully saturated rings. The first-order valence-electron chi connectivity index (χ1n) is 5.24. The number of hydrogen-bond donors (Lipinski definition) is 0. The Morgan fingerprint density at radius 3 is 2.83 bits per heavy atom. The number of hydrogen-bond acceptors (Lipinski definition) is 6. The van der Waals surface area contributed by atoms with E-state index in [0.717, 1.165) is 0 Å². The monoisotopic (exact) mass is 250 g/mol. The number of nitro groups is 1. The smallest absolute Gasteiger partial charge is 0.378 e. The van der Waals surface area contributed by atoms with E-state index in [0.29, 0.717) is 5.39 Å². The average molecular weight is 250 g/mol. The van der Waals surface area contributed by atoms with Crippen LogP contribution in [0, 0.1) is 10.1 Å². The van der Waals surface area contributed by atoms with E-state index in [1.165, 1.54) is 18.2 Å². The van der Waals surface area contributed by atoms with E-state index in [-0.39, 0.29) is 23.1 Å². The fourth-order valence-corrected chi connectivity index (χ4v) is 1.46. The maximum absolute atomic E-state index is 11.7. The molecule has 0 aliphatic heterocycles. The lowest BCUT2D eigenvalue weighted by Crippen LogP contribution is -2.11. The van der Waals surface area contributed by atoms with Crippen LogP contribution in [0.25, 0.3) is 10.9 Å². The van der Waals surface area contributed by atoms with E-state index in [1.807, 2.05) is 0 Å². The number of benzene rings is 1. The van der Waals surface area contributed by atoms with Crippen molar-refractivity contribution in [3.05, 3.63) is 34.1 Å². The Hall–Kier alpha value is -2.44. The minimum atomic E-state index is -0.638. The number of nitro benzene ring substituents is 1. The van der Waals surface area contributed by atoms with Gasteiger partial charge in [-0.3, -0.25) is 10.1 Å². The van der Waals surface area contributed by atoms with Crippen LogP contribution < -0.4 is 0 Å². The Morgan fingerprint density at radius 2 is 2.22 bits per heavy atom. The second-order valence-corrected chi connectivity index (χ2v) is 3.92. The average Bonchev–Trinajstić information content (AvgIpc) is 2.70. The van der Waals surface area contributed by atoms with Crippen molar-refractivity contribution in [3.63, 3.8) is 0 Å². The molecule has 0 saturated carbocycles. The number of fused-ring (bicyclic) bond motifs is 1. The number of ether oxygens (including phenoxy) is 1. The summed E-state index contributed by atoms with van der Waals surface area (Å²) < 4.78 is 9.84. The zero-order valence-corrected chi connectivity index (χ0v) is 9.75. The van der Waals surface area contributed by atoms with Crippen molar-refractivity contribution in [1.29, 1.82) is 0 Å². The lowest BCUT2D eigenvalue weighted by atomic mass is 10.2. The number of carbonyl (C=O) groups excluding carboxylic acids is 1. The van der Waals surface area contributed by atoms with Gasteiger partial charge in [-0.1, -0.05) is 5.16 Å². The first kappa shape index (κ1) is 12.0. The molecule has 0 spiro atoms. The highest BCUT2D eigenvalue weighted by molar-refractivity contribution is 6.01. The van der Waals surface area contributed by atoms with Crippen LogP contribution in [0.5, 0.6) is 0 Å². The normalized spacial score (nSPS) is 10.8. The summed E-state index contributed by atoms with van der Waals surface area (Å²) in [5.74, 6) is -0.685. The lowest BCUT2D eigenvalue weighted by molar-refractivity contribution is -0.384. The summed E-state index contributed by atoms with van der Waals surface area (Å²) >= 11 is 0. The molecule has 0 N–H and O–H groups in total. The molecule has 0 aliphatic rings. The van der Waals surface area contributed by atoms with Crippen molar-refractivity contribution >= 4 is 22.6 Å². The molecule has 0 atom stereocenters. The van der Waals surface area contributed by atoms with Gasteiger partial charge in [0.2, 0.25) is 0 Å². The van der Waals surface area contributed by atoms with Crippen LogP contribution in [0.4, 0.5) is 5.69 Å². The summed E-state index contributed by atoms with van der Waals surface area (Å²) in [5.41, 5.74) is 0.138. The molecule has 0 aliphatic carbocycles. The standard InChI is InChI=1S/C11H10N2O5/c1-6(2)17-11(14)10-8-4-3-7(13(15)16)5-9(8)12-18-10/h3-6H,1-2H3. The van der Waals surface area contributed by atoms with Crippen LogP contribution in [0.2, 0.25) is 0 Å². The van der Waals surface area contributed by atoms with Crippen LogP contribution in [-0.4, -0.2) is 22.2 Å². The van der Waals surface area contributed by atoms with E-state index in [4.69, 9.17) is 9.26 Å². The molecular formula is C11H10N2O5. The molecule has 0 amide bonds. The summed E-state index contributed by atoms with van der Waals surface area (Å²) in [6, 6.07) is 3.94. The topological polar surface area (TPSA) is 95.5 Å². The maximum atomic E-state index is 11.7. The number of esters is 1. The SMILES string of the molecule is CC(C)OC(=O)c1onc2cc([N+](=O)[O-])ccc12. The largest absolute Gasteiger partial charge is 0.457 e. The third-order valence-electron chi connectivity index (χ3n) is 2.20. The van der Waals surface area contributed by atoms with Gasteiger partial charge in [0.25, 0.3) is 11.4 Å². The van der Waals surface area contributed by atoms with Gasteiger partial charge in [-0.2, -0.15) is 0 Å². The van der Waals surface area contributed by atoms with Crippen LogP contribution in [0.15, 0.2) is 22.7 Å². The summed E-state index contributed by atoms with van der Waals surface area (Å²) in [6.07, 6.45) is -0.282. The van der Waals surface area contributed by atoms with Crippen LogP contribution >= 0.6 is 0 Å². The third kappa shape index (κ3) is 2.15. The molecule has 2 rings (SSSR count). The molecule has 18 heavy (non-hydrogen) atoms. The predicted octanol–water partition coefficient (Wildman–Crippen LogP) is 2.30. The highest BCUT2D eigenvalue weighted by Gasteiger charge is 2.20. The van der Waals surface area contributed by atoms with Gasteiger partial charge in [-0.25, -0.2) is 4.79 Å². The second kappa shape index (κ2) is 4.44. The van der Waals surface area contributed by atoms with E-state index in [1.54, 1.807) is 13.8 Å². The highest BCUT2D eigenvalue weighted by atomic mass is 16.6. The fraction of sp³-hybridized carbons (Fsp3) is 0.273. The summed E-state index contributed by atoms with van der Waals surface area (Å²) in [5, 5.41) is 14.6. The molecule has 2 aromatic rings. The van der Waals surface area contributed by atoms with E-state index < -0.39 is 10.9 Å². The third-order valence-corrected chi connectivity index (χ3v) is 2.20. The number of nitrogens with zero attached hydrogens (tertiary/aromatic N) is 2. The highest BCUT2D eigenvalue weighted by Crippen LogP contribution is 2.23. The quantitative estimate of drug-likeness (QED) is 0.471. The fourth-order valence-electron chi connectivity index (χ4n) is 1.46. The van der Waals surface area contributed by atoms with Crippen molar-refractivity contribution < 1.29 is 19.0 Å². The molecule has 94 valence electrons. The van der Waals surface area contributed by atoms with E-state index in [9.17, 15) is 14.9 Å². The van der Waals surface area contributed by atoms with Crippen molar-refractivity contribution in [1.82, 2.24) is 5.16 Å². The lowest BCUT2D eigenvalue weighted by Gasteiger charge is -2.04. The van der Waals surface area contributed by atoms with Crippen LogP contribution in [0.1, 0.15) is 24.4 Å². The van der Waals surface area contributed by atoms with Gasteiger partial charge in [0.1, 0.15) is 5.52 Å². The molecular weight excluding hydrogens is 240 g/mol. The van der Waals surface area contributed by atoms with Gasteiger partial charge in [0, 0.05) is 12.1 Å². The predicted molar refractivity (Wildman–Crippen MR) is 61.2 cm³/mol. The van der Waals surface area contributed by atoms with Gasteiger partial charge in [-0.15, -0.1) is 0 Å². The Bertz CT molecular complexity index is 617. The molecule has 7 nitrogen and oxygen atoms in total. The number of non-ortho nitro benzene ring substituents is 1. The van der Waals surface area contributed by atoms with Crippen molar-refractivity contribution in [2.24, 2.45) is 0 Å². The zero-order chi connectivity index (χ0) is 13.3. The van der Waals surface area contributed by atoms with Crippen LogP contribution in [-0.2, 0) is 4.74 Å². The molecule has 1 aromatic carbocycles. The summed E-state index contributed by atoms with van der Waals surface area (Å²) in [4.78, 5) is 21.7. The Kier molecular flexibility index (Phi) is 2.97. The molecule has 1 heterocycles. The number of aromatic nitrogens is 1. The first-order chi connectivity index (χ1) is 8.49. The van der Waals surface area contributed by atoms with E-state index in [2.05, 4.69) is 5.16 Å².